The lowest BCUT2D eigenvalue weighted by Gasteiger charge is -2.44. The fraction of sp³-hybridized carbons (Fsp3) is 0.667. The molecule has 2 heteroatoms. The van der Waals surface area contributed by atoms with Crippen LogP contribution in [0.2, 0.25) is 0 Å². The van der Waals surface area contributed by atoms with Crippen molar-refractivity contribution < 1.29 is 0 Å². The van der Waals surface area contributed by atoms with E-state index in [1.54, 1.807) is 0 Å². The summed E-state index contributed by atoms with van der Waals surface area (Å²) >= 11 is 0. The average molecular weight is 274 g/mol. The van der Waals surface area contributed by atoms with E-state index in [1.807, 2.05) is 0 Å². The van der Waals surface area contributed by atoms with Crippen molar-refractivity contribution in [2.24, 2.45) is 5.84 Å². The minimum Gasteiger partial charge on any atom is -0.271 e. The van der Waals surface area contributed by atoms with Crippen LogP contribution in [0, 0.1) is 0 Å². The number of hydrogen-bond donors (Lipinski definition) is 2. The van der Waals surface area contributed by atoms with Crippen molar-refractivity contribution in [3.05, 3.63) is 35.9 Å². The normalized spacial score (nSPS) is 19.7. The van der Waals surface area contributed by atoms with Gasteiger partial charge in [-0.3, -0.25) is 11.3 Å². The van der Waals surface area contributed by atoms with Gasteiger partial charge in [0.05, 0.1) is 0 Å². The molecule has 0 radical (unpaired) electrons. The average Bonchev–Trinajstić information content (AvgIpc) is 2.53. The van der Waals surface area contributed by atoms with Crippen LogP contribution < -0.4 is 11.3 Å². The zero-order valence-corrected chi connectivity index (χ0v) is 12.9. The van der Waals surface area contributed by atoms with E-state index in [-0.39, 0.29) is 5.41 Å². The summed E-state index contributed by atoms with van der Waals surface area (Å²) in [5.41, 5.74) is 4.91. The van der Waals surface area contributed by atoms with E-state index >= 15 is 0 Å². The lowest BCUT2D eigenvalue weighted by Crippen LogP contribution is -2.52. The minimum absolute atomic E-state index is 0.252. The molecule has 0 heterocycles. The Labute approximate surface area is 124 Å². The highest BCUT2D eigenvalue weighted by molar-refractivity contribution is 5.28. The second-order valence-corrected chi connectivity index (χ2v) is 6.30. The van der Waals surface area contributed by atoms with Gasteiger partial charge in [-0.2, -0.15) is 0 Å². The lowest BCUT2D eigenvalue weighted by molar-refractivity contribution is 0.201. The van der Waals surface area contributed by atoms with Crippen molar-refractivity contribution in [2.75, 3.05) is 0 Å². The highest BCUT2D eigenvalue weighted by Crippen LogP contribution is 2.43. The molecule has 0 spiro atoms. The molecular formula is C18H30N2. The van der Waals surface area contributed by atoms with Gasteiger partial charge in [0, 0.05) is 11.5 Å². The molecule has 0 bridgehead atoms. The van der Waals surface area contributed by atoms with Gasteiger partial charge in [-0.15, -0.1) is 0 Å². The molecule has 1 unspecified atom stereocenters. The van der Waals surface area contributed by atoms with Crippen LogP contribution in [0.25, 0.3) is 0 Å². The Kier molecular flexibility index (Phi) is 6.06. The summed E-state index contributed by atoms with van der Waals surface area (Å²) in [6, 6.07) is 11.5. The van der Waals surface area contributed by atoms with Crippen molar-refractivity contribution in [3.8, 4) is 0 Å². The molecule has 0 aliphatic heterocycles. The monoisotopic (exact) mass is 274 g/mol. The number of rotatable bonds is 7. The number of unbranched alkanes of at least 4 members (excludes halogenated alkanes) is 2. The van der Waals surface area contributed by atoms with Gasteiger partial charge in [0.1, 0.15) is 0 Å². The van der Waals surface area contributed by atoms with Gasteiger partial charge in [-0.05, 0) is 24.8 Å². The summed E-state index contributed by atoms with van der Waals surface area (Å²) in [4.78, 5) is 0. The third-order valence-corrected chi connectivity index (χ3v) is 5.06. The Morgan fingerprint density at radius 2 is 1.80 bits per heavy atom. The molecule has 2 nitrogen and oxygen atoms in total. The van der Waals surface area contributed by atoms with Crippen molar-refractivity contribution in [2.45, 2.75) is 76.2 Å². The molecule has 1 fully saturated rings. The van der Waals surface area contributed by atoms with Gasteiger partial charge in [-0.25, -0.2) is 0 Å². The standard InChI is InChI=1S/C18H30N2/c1-2-3-6-13-17(20-19)18(14-9-5-10-15-18)16-11-7-4-8-12-16/h4,7-8,11-12,17,20H,2-3,5-6,9-10,13-15,19H2,1H3. The summed E-state index contributed by atoms with van der Waals surface area (Å²) < 4.78 is 0. The molecule has 3 N–H and O–H groups in total. The largest absolute Gasteiger partial charge is 0.271 e. The van der Waals surface area contributed by atoms with E-state index in [4.69, 9.17) is 5.84 Å². The van der Waals surface area contributed by atoms with Crippen molar-refractivity contribution in [1.29, 1.82) is 0 Å². The Morgan fingerprint density at radius 1 is 1.10 bits per heavy atom. The topological polar surface area (TPSA) is 38.0 Å². The number of hydrogen-bond acceptors (Lipinski definition) is 2. The van der Waals surface area contributed by atoms with E-state index in [1.165, 1.54) is 63.4 Å². The first-order chi connectivity index (χ1) is 9.83. The third-order valence-electron chi connectivity index (χ3n) is 5.06. The fourth-order valence-electron chi connectivity index (χ4n) is 3.91. The second kappa shape index (κ2) is 7.80. The molecule has 1 aromatic rings. The maximum atomic E-state index is 5.96. The maximum absolute atomic E-state index is 5.96. The molecule has 0 saturated heterocycles. The Balaban J connectivity index is 2.21. The molecule has 2 rings (SSSR count). The van der Waals surface area contributed by atoms with Gasteiger partial charge < -0.3 is 0 Å². The molecule has 1 atom stereocenters. The zero-order chi connectivity index (χ0) is 14.3. The maximum Gasteiger partial charge on any atom is 0.0307 e. The van der Waals surface area contributed by atoms with E-state index in [0.29, 0.717) is 6.04 Å². The predicted octanol–water partition coefficient (Wildman–Crippen LogP) is 4.30. The first kappa shape index (κ1) is 15.5. The molecular weight excluding hydrogens is 244 g/mol. The van der Waals surface area contributed by atoms with Gasteiger partial charge in [0.25, 0.3) is 0 Å². The quantitative estimate of drug-likeness (QED) is 0.442. The number of nitrogens with two attached hydrogens (primary N) is 1. The number of nitrogens with one attached hydrogen (secondary N) is 1. The van der Waals surface area contributed by atoms with Gasteiger partial charge >= 0.3 is 0 Å². The first-order valence-corrected chi connectivity index (χ1v) is 8.35. The van der Waals surface area contributed by atoms with Gasteiger partial charge in [-0.1, -0.05) is 75.8 Å². The van der Waals surface area contributed by atoms with Crippen LogP contribution in [-0.2, 0) is 5.41 Å². The summed E-state index contributed by atoms with van der Waals surface area (Å²) in [6.45, 7) is 2.26. The molecule has 1 aromatic carbocycles. The third kappa shape index (κ3) is 3.42. The van der Waals surface area contributed by atoms with E-state index < -0.39 is 0 Å². The smallest absolute Gasteiger partial charge is 0.0307 e. The molecule has 1 aliphatic carbocycles. The van der Waals surface area contributed by atoms with Crippen LogP contribution in [0.3, 0.4) is 0 Å². The van der Waals surface area contributed by atoms with Crippen LogP contribution in [0.5, 0.6) is 0 Å². The Hall–Kier alpha value is -0.860. The van der Waals surface area contributed by atoms with Crippen LogP contribution in [-0.4, -0.2) is 6.04 Å². The lowest BCUT2D eigenvalue weighted by atomic mass is 9.64. The van der Waals surface area contributed by atoms with Crippen LogP contribution in [0.15, 0.2) is 30.3 Å². The van der Waals surface area contributed by atoms with Crippen molar-refractivity contribution in [3.63, 3.8) is 0 Å². The van der Waals surface area contributed by atoms with Crippen LogP contribution in [0.1, 0.15) is 70.3 Å². The predicted molar refractivity (Wildman–Crippen MR) is 86.5 cm³/mol. The SMILES string of the molecule is CCCCCC(NN)C1(c2ccccc2)CCCCC1. The summed E-state index contributed by atoms with van der Waals surface area (Å²) in [5.74, 6) is 5.96. The number of benzene rings is 1. The van der Waals surface area contributed by atoms with E-state index in [0.717, 1.165) is 0 Å². The van der Waals surface area contributed by atoms with Crippen molar-refractivity contribution in [1.82, 2.24) is 5.43 Å². The van der Waals surface area contributed by atoms with Gasteiger partial charge in [0.2, 0.25) is 0 Å². The minimum atomic E-state index is 0.252. The summed E-state index contributed by atoms with van der Waals surface area (Å²) in [6.07, 6.45) is 11.6. The van der Waals surface area contributed by atoms with E-state index in [9.17, 15) is 0 Å². The first-order valence-electron chi connectivity index (χ1n) is 8.35. The second-order valence-electron chi connectivity index (χ2n) is 6.30. The zero-order valence-electron chi connectivity index (χ0n) is 12.9. The molecule has 0 aromatic heterocycles. The Morgan fingerprint density at radius 3 is 2.40 bits per heavy atom. The van der Waals surface area contributed by atoms with Crippen LogP contribution >= 0.6 is 0 Å². The van der Waals surface area contributed by atoms with Crippen molar-refractivity contribution >= 4 is 0 Å². The molecule has 112 valence electrons. The number of hydrazine groups is 1. The van der Waals surface area contributed by atoms with Gasteiger partial charge in [0.15, 0.2) is 0 Å². The highest BCUT2D eigenvalue weighted by atomic mass is 15.2. The fourth-order valence-corrected chi connectivity index (χ4v) is 3.91. The Bertz CT molecular complexity index is 368. The molecule has 1 saturated carbocycles. The molecule has 0 amide bonds. The highest BCUT2D eigenvalue weighted by Gasteiger charge is 2.40. The summed E-state index contributed by atoms with van der Waals surface area (Å²) in [5, 5.41) is 0. The van der Waals surface area contributed by atoms with Crippen LogP contribution in [0.4, 0.5) is 0 Å². The molecule has 1 aliphatic rings. The molecule has 20 heavy (non-hydrogen) atoms. The summed E-state index contributed by atoms with van der Waals surface area (Å²) in [7, 11) is 0. The van der Waals surface area contributed by atoms with E-state index in [2.05, 4.69) is 42.7 Å².